The van der Waals surface area contributed by atoms with Crippen LogP contribution in [0.3, 0.4) is 0 Å². The maximum atomic E-state index is 14.7. The van der Waals surface area contributed by atoms with Crippen molar-refractivity contribution in [1.82, 2.24) is 25.5 Å². The van der Waals surface area contributed by atoms with Gasteiger partial charge >= 0.3 is 24.1 Å². The first-order chi connectivity index (χ1) is 31.8. The molecule has 3 aliphatic heterocycles. The molecule has 3 N–H and O–H groups in total. The fourth-order valence-corrected chi connectivity index (χ4v) is 10.1. The number of aromatic nitrogens is 2. The average molecular weight is 930 g/mol. The standard InChI is InChI=1S/C50H67N5O12/c1-11-38-50(8)43(54-48(61)67-50)30(4)40(57)28(2)26-49(7,66-47(60)53-22-15-17-34-20-23-52-36-19-13-12-18-35(34)36)44(65-46-41(58)37(55(9)10)24-29(3)62-46)31(5)42(32(6)45(59)63-38)64-39(56)25-33-16-14-21-51-27-33/h12-21,23,27-32,37-38,41-44,46,58H,11,22,24-26H2,1-10H3,(H,53,60)(H,54,61)/t28-,29-,30+,31+,32-,37+,38-,41-,42+,43-,44-,46+,49-,50-/m1/s1. The van der Waals surface area contributed by atoms with Gasteiger partial charge in [0, 0.05) is 54.3 Å². The number of aliphatic hydroxyl groups is 1. The molecule has 0 spiro atoms. The van der Waals surface area contributed by atoms with Crippen LogP contribution in [0.4, 0.5) is 9.59 Å². The van der Waals surface area contributed by atoms with Crippen molar-refractivity contribution < 1.29 is 57.5 Å². The van der Waals surface area contributed by atoms with Crippen LogP contribution in [0.5, 0.6) is 0 Å². The lowest BCUT2D eigenvalue weighted by Gasteiger charge is -2.48. The Balaban J connectivity index is 1.44. The monoisotopic (exact) mass is 929 g/mol. The van der Waals surface area contributed by atoms with Gasteiger partial charge in [-0.25, -0.2) is 9.59 Å². The highest BCUT2D eigenvalue weighted by molar-refractivity contribution is 5.88. The first kappa shape index (κ1) is 50.9. The molecule has 1 aromatic carbocycles. The third-order valence-corrected chi connectivity index (χ3v) is 13.6. The first-order valence-electron chi connectivity index (χ1n) is 23.2. The van der Waals surface area contributed by atoms with Crippen molar-refractivity contribution in [2.24, 2.45) is 23.7 Å². The molecule has 2 amide bonds. The summed E-state index contributed by atoms with van der Waals surface area (Å²) in [5.41, 5.74) is -0.983. The molecule has 5 heterocycles. The summed E-state index contributed by atoms with van der Waals surface area (Å²) in [5.74, 6) is -5.76. The lowest BCUT2D eigenvalue weighted by molar-refractivity contribution is -0.298. The number of esters is 2. The molecule has 14 atom stereocenters. The normalized spacial score (nSPS) is 34.1. The summed E-state index contributed by atoms with van der Waals surface area (Å²) in [7, 11) is 3.67. The Morgan fingerprint density at radius 2 is 1.76 bits per heavy atom. The number of nitrogens with one attached hydrogen (secondary N) is 2. The van der Waals surface area contributed by atoms with Gasteiger partial charge in [0.15, 0.2) is 11.9 Å². The highest BCUT2D eigenvalue weighted by atomic mass is 16.7. The second-order valence-corrected chi connectivity index (χ2v) is 19.0. The summed E-state index contributed by atoms with van der Waals surface area (Å²) in [5, 5.41) is 18.4. The smallest absolute Gasteiger partial charge is 0.408 e. The molecule has 67 heavy (non-hydrogen) atoms. The second kappa shape index (κ2) is 21.6. The Kier molecular flexibility index (Phi) is 16.4. The number of hydrogen-bond acceptors (Lipinski definition) is 15. The molecule has 17 nitrogen and oxygen atoms in total. The molecule has 3 aromatic rings. The van der Waals surface area contributed by atoms with Gasteiger partial charge in [0.25, 0.3) is 0 Å². The summed E-state index contributed by atoms with van der Waals surface area (Å²) in [6.07, 6.45) is 0.567. The van der Waals surface area contributed by atoms with Gasteiger partial charge in [-0.3, -0.25) is 24.4 Å². The van der Waals surface area contributed by atoms with Gasteiger partial charge in [0.1, 0.15) is 35.8 Å². The Labute approximate surface area is 392 Å². The van der Waals surface area contributed by atoms with Crippen molar-refractivity contribution in [2.75, 3.05) is 20.6 Å². The molecule has 3 saturated heterocycles. The minimum absolute atomic E-state index is 0.0423. The molecule has 0 aliphatic carbocycles. The van der Waals surface area contributed by atoms with Crippen LogP contribution >= 0.6 is 0 Å². The van der Waals surface area contributed by atoms with Crippen LogP contribution in [0.15, 0.2) is 67.1 Å². The number of pyridine rings is 2. The highest BCUT2D eigenvalue weighted by Gasteiger charge is 2.58. The molecule has 0 radical (unpaired) electrons. The van der Waals surface area contributed by atoms with Crippen LogP contribution < -0.4 is 10.6 Å². The zero-order chi connectivity index (χ0) is 48.8. The number of hydrogen-bond donors (Lipinski definition) is 3. The molecular weight excluding hydrogens is 863 g/mol. The van der Waals surface area contributed by atoms with Crippen LogP contribution in [-0.4, -0.2) is 131 Å². The number of alkyl carbamates (subject to hydrolysis) is 2. The molecule has 0 unspecified atom stereocenters. The van der Waals surface area contributed by atoms with Gasteiger partial charge in [-0.1, -0.05) is 64.1 Å². The fraction of sp³-hybridized carbons (Fsp3) is 0.580. The van der Waals surface area contributed by atoms with Gasteiger partial charge in [-0.2, -0.15) is 0 Å². The summed E-state index contributed by atoms with van der Waals surface area (Å²) < 4.78 is 38.0. The highest BCUT2D eigenvalue weighted by Crippen LogP contribution is 2.42. The molecule has 0 saturated carbocycles. The van der Waals surface area contributed by atoms with Crippen molar-refractivity contribution >= 4 is 46.9 Å². The van der Waals surface area contributed by atoms with Crippen molar-refractivity contribution in [1.29, 1.82) is 0 Å². The summed E-state index contributed by atoms with van der Waals surface area (Å²) in [6, 6.07) is 11.6. The number of ketones is 1. The zero-order valence-corrected chi connectivity index (χ0v) is 40.2. The Bertz CT molecular complexity index is 2260. The van der Waals surface area contributed by atoms with Crippen molar-refractivity contribution in [2.45, 2.75) is 141 Å². The van der Waals surface area contributed by atoms with Crippen LogP contribution in [0.2, 0.25) is 0 Å². The molecule has 6 rings (SSSR count). The Hall–Kier alpha value is -5.49. The van der Waals surface area contributed by atoms with Crippen molar-refractivity contribution in [3.05, 3.63) is 78.3 Å². The zero-order valence-electron chi connectivity index (χ0n) is 40.2. The van der Waals surface area contributed by atoms with Gasteiger partial charge in [0.05, 0.1) is 30.0 Å². The van der Waals surface area contributed by atoms with Crippen LogP contribution in [0.1, 0.15) is 85.8 Å². The largest absolute Gasteiger partial charge is 0.461 e. The molecule has 0 bridgehead atoms. The van der Waals surface area contributed by atoms with Gasteiger partial charge < -0.3 is 49.1 Å². The summed E-state index contributed by atoms with van der Waals surface area (Å²) in [4.78, 5) is 80.9. The summed E-state index contributed by atoms with van der Waals surface area (Å²) >= 11 is 0. The van der Waals surface area contributed by atoms with E-state index in [-0.39, 0.29) is 37.7 Å². The van der Waals surface area contributed by atoms with E-state index in [2.05, 4.69) is 20.6 Å². The van der Waals surface area contributed by atoms with Gasteiger partial charge in [-0.05, 0) is 90.4 Å². The van der Waals surface area contributed by atoms with E-state index < -0.39 is 102 Å². The number of amides is 2. The fourth-order valence-electron chi connectivity index (χ4n) is 10.1. The van der Waals surface area contributed by atoms with Crippen LogP contribution in [0, 0.1) is 23.7 Å². The number of para-hydroxylation sites is 1. The number of benzene rings is 1. The molecule has 364 valence electrons. The number of nitrogens with zero attached hydrogens (tertiary/aromatic N) is 3. The quantitative estimate of drug-likeness (QED) is 0.153. The topological polar surface area (TPSA) is 214 Å². The molecule has 2 aromatic heterocycles. The minimum atomic E-state index is -1.77. The lowest BCUT2D eigenvalue weighted by Crippen LogP contribution is -2.61. The SMILES string of the molecule is CC[C@H]1OC(=O)[C@H](C)[C@@H](OC(=O)Cc2cccnc2)[C@H](C)[C@@H](O[C@@H]2O[C@H](C)C[C@H](N(C)C)[C@H]2O)[C@](C)(OC(=O)NCC=Cc2ccnc3ccccc23)C[C@@H](C)C(=O)[C@H](C)[C@H]2NC(=O)O[C@@]21C. The predicted octanol–water partition coefficient (Wildman–Crippen LogP) is 5.80. The molecule has 3 aliphatic rings. The number of cyclic esters (lactones) is 1. The first-order valence-corrected chi connectivity index (χ1v) is 23.2. The molecule has 17 heteroatoms. The lowest BCUT2D eigenvalue weighted by atomic mass is 9.73. The van der Waals surface area contributed by atoms with E-state index in [1.54, 1.807) is 79.1 Å². The maximum absolute atomic E-state index is 14.7. The third kappa shape index (κ3) is 11.6. The third-order valence-electron chi connectivity index (χ3n) is 13.6. The van der Waals surface area contributed by atoms with E-state index in [1.165, 1.54) is 6.20 Å². The maximum Gasteiger partial charge on any atom is 0.408 e. The number of Topliss-reactive ketones (excluding diaryl/α,β-unsaturated/α-hetero) is 1. The number of carbonyl (C=O) groups is 5. The number of carbonyl (C=O) groups excluding carboxylic acids is 5. The average Bonchev–Trinajstić information content (AvgIpc) is 3.61. The van der Waals surface area contributed by atoms with Crippen LogP contribution in [-0.2, 0) is 49.2 Å². The minimum Gasteiger partial charge on any atom is -0.461 e. The number of ether oxygens (including phenoxy) is 6. The molecular formula is C50H67N5O12. The van der Waals surface area contributed by atoms with Gasteiger partial charge in [-0.15, -0.1) is 0 Å². The summed E-state index contributed by atoms with van der Waals surface area (Å²) in [6.45, 7) is 13.5. The predicted molar refractivity (Wildman–Crippen MR) is 247 cm³/mol. The Morgan fingerprint density at radius 1 is 1.01 bits per heavy atom. The van der Waals surface area contributed by atoms with Crippen molar-refractivity contribution in [3.63, 3.8) is 0 Å². The van der Waals surface area contributed by atoms with E-state index in [0.717, 1.165) is 16.5 Å². The second-order valence-electron chi connectivity index (χ2n) is 19.0. The number of aliphatic hydroxyl groups excluding tert-OH is 1. The van der Waals surface area contributed by atoms with Crippen molar-refractivity contribution in [3.8, 4) is 0 Å². The number of likely N-dealkylation sites (N-methyl/N-ethyl adjacent to an activating group) is 1. The van der Waals surface area contributed by atoms with E-state index in [0.29, 0.717) is 12.0 Å². The van der Waals surface area contributed by atoms with Crippen LogP contribution in [0.25, 0.3) is 17.0 Å². The molecule has 3 fully saturated rings. The van der Waals surface area contributed by atoms with E-state index in [9.17, 15) is 29.1 Å². The number of fused-ring (bicyclic) bond motifs is 2. The number of rotatable bonds is 11. The van der Waals surface area contributed by atoms with E-state index >= 15 is 0 Å². The van der Waals surface area contributed by atoms with E-state index in [4.69, 9.17) is 28.4 Å². The van der Waals surface area contributed by atoms with E-state index in [1.807, 2.05) is 62.3 Å². The Morgan fingerprint density at radius 3 is 2.46 bits per heavy atom. The van der Waals surface area contributed by atoms with Gasteiger partial charge in [0.2, 0.25) is 0 Å².